The molecule has 0 fully saturated rings. The Balaban J connectivity index is 2.38. The van der Waals surface area contributed by atoms with Crippen LogP contribution in [0.25, 0.3) is 5.69 Å². The van der Waals surface area contributed by atoms with Gasteiger partial charge in [0.15, 0.2) is 0 Å². The molecule has 0 saturated heterocycles. The molecule has 2 rings (SSSR count). The third kappa shape index (κ3) is 2.05. The highest BCUT2D eigenvalue weighted by atomic mass is 16.5. The Labute approximate surface area is 93.5 Å². The van der Waals surface area contributed by atoms with Gasteiger partial charge in [0.05, 0.1) is 0 Å². The summed E-state index contributed by atoms with van der Waals surface area (Å²) in [7, 11) is 0. The molecule has 1 heterocycles. The zero-order valence-corrected chi connectivity index (χ0v) is 9.27. The summed E-state index contributed by atoms with van der Waals surface area (Å²) in [5.74, 6) is 0. The maximum Gasteiger partial charge on any atom is 0.430 e. The second-order valence-corrected chi connectivity index (χ2v) is 3.70. The Morgan fingerprint density at radius 1 is 1.31 bits per heavy atom. The van der Waals surface area contributed by atoms with Crippen molar-refractivity contribution in [2.24, 2.45) is 0 Å². The maximum absolute atomic E-state index is 11.5. The van der Waals surface area contributed by atoms with Crippen LogP contribution in [0.3, 0.4) is 0 Å². The summed E-state index contributed by atoms with van der Waals surface area (Å²) in [6.45, 7) is 2.10. The Bertz CT molecular complexity index is 499. The van der Waals surface area contributed by atoms with E-state index in [2.05, 4.69) is 12.2 Å². The van der Waals surface area contributed by atoms with Gasteiger partial charge in [-0.2, -0.15) is 0 Å². The largest absolute Gasteiger partial charge is 0.430 e. The van der Waals surface area contributed by atoms with Crippen LogP contribution in [0, 0.1) is 0 Å². The first kappa shape index (κ1) is 10.7. The van der Waals surface area contributed by atoms with Gasteiger partial charge < -0.3 is 0 Å². The molecule has 0 radical (unpaired) electrons. The van der Waals surface area contributed by atoms with E-state index >= 15 is 0 Å². The van der Waals surface area contributed by atoms with Crippen molar-refractivity contribution >= 4 is 0 Å². The summed E-state index contributed by atoms with van der Waals surface area (Å²) in [6, 6.07) is 9.66. The first-order valence-corrected chi connectivity index (χ1v) is 5.50. The van der Waals surface area contributed by atoms with Gasteiger partial charge in [0.1, 0.15) is 0 Å². The van der Waals surface area contributed by atoms with Crippen molar-refractivity contribution in [3.63, 3.8) is 0 Å². The molecule has 1 aromatic heterocycles. The van der Waals surface area contributed by atoms with Crippen LogP contribution < -0.4 is 10.3 Å². The van der Waals surface area contributed by atoms with Gasteiger partial charge in [-0.1, -0.05) is 31.5 Å². The highest BCUT2D eigenvalue weighted by molar-refractivity contribution is 5.21. The first-order valence-electron chi connectivity index (χ1n) is 5.50. The topological polar surface area (TPSA) is 49.9 Å². The SMILES string of the molecule is CCCCc1c(=O)o[nH][n+]1-c1ccccc1. The lowest BCUT2D eigenvalue weighted by Gasteiger charge is -1.92. The van der Waals surface area contributed by atoms with Gasteiger partial charge in [-0.15, -0.1) is 0 Å². The van der Waals surface area contributed by atoms with Gasteiger partial charge in [0, 0.05) is 18.6 Å². The molecule has 84 valence electrons. The minimum absolute atomic E-state index is 0.280. The number of aromatic nitrogens is 2. The predicted molar refractivity (Wildman–Crippen MR) is 59.5 cm³/mol. The highest BCUT2D eigenvalue weighted by Gasteiger charge is 2.21. The van der Waals surface area contributed by atoms with Crippen LogP contribution in [-0.4, -0.2) is 5.27 Å². The number of aromatic amines is 1. The Morgan fingerprint density at radius 3 is 2.75 bits per heavy atom. The van der Waals surface area contributed by atoms with Crippen LogP contribution in [0.2, 0.25) is 0 Å². The smallest absolute Gasteiger partial charge is 0.283 e. The van der Waals surface area contributed by atoms with E-state index in [9.17, 15) is 4.79 Å². The van der Waals surface area contributed by atoms with Crippen molar-refractivity contribution in [2.45, 2.75) is 26.2 Å². The number of nitrogens with zero attached hydrogens (tertiary/aromatic N) is 1. The average Bonchev–Trinajstić information content (AvgIpc) is 2.69. The first-order chi connectivity index (χ1) is 7.83. The Kier molecular flexibility index (Phi) is 3.19. The van der Waals surface area contributed by atoms with Gasteiger partial charge in [-0.3, -0.25) is 4.52 Å². The van der Waals surface area contributed by atoms with E-state index in [0.717, 1.165) is 24.9 Å². The van der Waals surface area contributed by atoms with Crippen LogP contribution in [0.1, 0.15) is 25.5 Å². The number of H-pyrrole nitrogens is 1. The number of hydrogen-bond acceptors (Lipinski definition) is 2. The van der Waals surface area contributed by atoms with E-state index < -0.39 is 0 Å². The molecule has 0 unspecified atom stereocenters. The maximum atomic E-state index is 11.5. The van der Waals surface area contributed by atoms with E-state index in [4.69, 9.17) is 4.52 Å². The summed E-state index contributed by atoms with van der Waals surface area (Å²) >= 11 is 0. The third-order valence-corrected chi connectivity index (χ3v) is 2.52. The summed E-state index contributed by atoms with van der Waals surface area (Å²) in [5.41, 5.74) is 1.31. The second-order valence-electron chi connectivity index (χ2n) is 3.70. The van der Waals surface area contributed by atoms with Crippen molar-refractivity contribution in [2.75, 3.05) is 0 Å². The van der Waals surface area contributed by atoms with Gasteiger partial charge in [-0.05, 0) is 16.4 Å². The van der Waals surface area contributed by atoms with Crippen LogP contribution >= 0.6 is 0 Å². The molecule has 0 amide bonds. The van der Waals surface area contributed by atoms with E-state index in [1.54, 1.807) is 4.68 Å². The molecule has 2 aromatic rings. The number of benzene rings is 1. The van der Waals surface area contributed by atoms with E-state index in [1.165, 1.54) is 0 Å². The summed E-state index contributed by atoms with van der Waals surface area (Å²) in [6.07, 6.45) is 2.77. The number of unbranched alkanes of at least 4 members (excludes halogenated alkanes) is 1. The monoisotopic (exact) mass is 219 g/mol. The number of nitrogens with one attached hydrogen (secondary N) is 1. The molecular weight excluding hydrogens is 204 g/mol. The fourth-order valence-corrected chi connectivity index (χ4v) is 1.64. The zero-order chi connectivity index (χ0) is 11.4. The van der Waals surface area contributed by atoms with Crippen LogP contribution in [0.15, 0.2) is 39.6 Å². The molecule has 1 N–H and O–H groups in total. The van der Waals surface area contributed by atoms with Gasteiger partial charge >= 0.3 is 11.3 Å². The van der Waals surface area contributed by atoms with Crippen LogP contribution in [0.5, 0.6) is 0 Å². The normalized spacial score (nSPS) is 10.6. The lowest BCUT2D eigenvalue weighted by molar-refractivity contribution is -0.677. The molecule has 1 aromatic carbocycles. The Morgan fingerprint density at radius 2 is 2.06 bits per heavy atom. The molecule has 0 atom stereocenters. The molecule has 0 aliphatic carbocycles. The van der Waals surface area contributed by atoms with Gasteiger partial charge in [-0.25, -0.2) is 4.79 Å². The average molecular weight is 219 g/mol. The fraction of sp³-hybridized carbons (Fsp3) is 0.333. The summed E-state index contributed by atoms with van der Waals surface area (Å²) < 4.78 is 6.54. The molecule has 4 nitrogen and oxygen atoms in total. The molecule has 0 aliphatic heterocycles. The van der Waals surface area contributed by atoms with E-state index in [-0.39, 0.29) is 5.63 Å². The highest BCUT2D eigenvalue weighted by Crippen LogP contribution is 2.00. The van der Waals surface area contributed by atoms with Gasteiger partial charge in [0.2, 0.25) is 5.69 Å². The summed E-state index contributed by atoms with van der Waals surface area (Å²) in [5, 5.41) is 2.63. The molecule has 0 saturated carbocycles. The zero-order valence-electron chi connectivity index (χ0n) is 9.27. The molecule has 0 bridgehead atoms. The van der Waals surface area contributed by atoms with Crippen molar-refractivity contribution in [3.8, 4) is 5.69 Å². The van der Waals surface area contributed by atoms with E-state index in [1.807, 2.05) is 30.3 Å². The minimum Gasteiger partial charge on any atom is -0.283 e. The molecule has 0 spiro atoms. The number of hydrogen-bond donors (Lipinski definition) is 1. The number of para-hydroxylation sites is 1. The standard InChI is InChI=1S/C12H14N2O2/c1-2-3-9-11-12(15)16-13-14(11)10-7-5-4-6-8-10/h4-8H,2-3,9H2,1H3/p+1. The quantitative estimate of drug-likeness (QED) is 0.794. The van der Waals surface area contributed by atoms with Crippen molar-refractivity contribution in [1.29, 1.82) is 0 Å². The molecule has 4 heteroatoms. The van der Waals surface area contributed by atoms with Crippen LogP contribution in [-0.2, 0) is 6.42 Å². The second kappa shape index (κ2) is 4.79. The van der Waals surface area contributed by atoms with Crippen molar-refractivity contribution < 1.29 is 9.20 Å². The third-order valence-electron chi connectivity index (χ3n) is 2.52. The minimum atomic E-state index is -0.280. The summed E-state index contributed by atoms with van der Waals surface area (Å²) in [4.78, 5) is 11.5. The van der Waals surface area contributed by atoms with Crippen LogP contribution in [0.4, 0.5) is 0 Å². The molecular formula is C12H15N2O2+. The van der Waals surface area contributed by atoms with Gasteiger partial charge in [0.25, 0.3) is 0 Å². The predicted octanol–water partition coefficient (Wildman–Crippen LogP) is 1.59. The lowest BCUT2D eigenvalue weighted by atomic mass is 10.2. The van der Waals surface area contributed by atoms with Crippen molar-refractivity contribution in [1.82, 2.24) is 5.27 Å². The Hall–Kier alpha value is -1.84. The number of rotatable bonds is 4. The molecule has 16 heavy (non-hydrogen) atoms. The molecule has 0 aliphatic rings. The van der Waals surface area contributed by atoms with E-state index in [0.29, 0.717) is 5.69 Å². The lowest BCUT2D eigenvalue weighted by Crippen LogP contribution is -2.38. The van der Waals surface area contributed by atoms with Crippen molar-refractivity contribution in [3.05, 3.63) is 46.4 Å². The fourth-order valence-electron chi connectivity index (χ4n) is 1.64.